The second-order valence-electron chi connectivity index (χ2n) is 10.4. The maximum absolute atomic E-state index is 12.2. The monoisotopic (exact) mass is 517 g/mol. The van der Waals surface area contributed by atoms with E-state index in [2.05, 4.69) is 38.6 Å². The summed E-state index contributed by atoms with van der Waals surface area (Å²) in [5, 5.41) is 10.9. The number of aryl methyl sites for hydroxylation is 1. The van der Waals surface area contributed by atoms with Gasteiger partial charge in [0.1, 0.15) is 5.60 Å². The number of hydrogen-bond donors (Lipinski definition) is 2. The van der Waals surface area contributed by atoms with Crippen LogP contribution in [0.15, 0.2) is 49.1 Å². The van der Waals surface area contributed by atoms with Crippen LogP contribution in [0.1, 0.15) is 46.1 Å². The van der Waals surface area contributed by atoms with E-state index >= 15 is 0 Å². The summed E-state index contributed by atoms with van der Waals surface area (Å²) in [6, 6.07) is 10.1. The van der Waals surface area contributed by atoms with Crippen LogP contribution in [0.3, 0.4) is 0 Å². The molecule has 2 N–H and O–H groups in total. The highest BCUT2D eigenvalue weighted by atomic mass is 16.6. The summed E-state index contributed by atoms with van der Waals surface area (Å²) in [7, 11) is 0. The molecule has 0 unspecified atom stereocenters. The Bertz CT molecular complexity index is 1380. The van der Waals surface area contributed by atoms with Crippen molar-refractivity contribution >= 4 is 29.0 Å². The van der Waals surface area contributed by atoms with E-state index in [0.717, 1.165) is 54.9 Å². The van der Waals surface area contributed by atoms with Crippen molar-refractivity contribution in [2.45, 2.75) is 65.3 Å². The predicted octanol–water partition coefficient (Wildman–Crippen LogP) is 4.14. The Morgan fingerprint density at radius 3 is 2.63 bits per heavy atom. The number of alkyl carbamates (subject to hydrolysis) is 1. The van der Waals surface area contributed by atoms with Crippen LogP contribution in [0.5, 0.6) is 0 Å². The molecule has 1 saturated heterocycles. The third-order valence-corrected chi connectivity index (χ3v) is 6.48. The minimum Gasteiger partial charge on any atom is -0.444 e. The number of anilines is 2. The fourth-order valence-electron chi connectivity index (χ4n) is 4.60. The normalized spacial score (nSPS) is 14.6. The number of imidazole rings is 1. The molecule has 1 aliphatic heterocycles. The zero-order chi connectivity index (χ0) is 26.7. The molecular weight excluding hydrogens is 482 g/mol. The first-order chi connectivity index (χ1) is 18.3. The average molecular weight is 518 g/mol. The molecule has 0 saturated carbocycles. The Balaban J connectivity index is 1.34. The van der Waals surface area contributed by atoms with Gasteiger partial charge in [-0.1, -0.05) is 18.2 Å². The molecule has 3 aromatic heterocycles. The van der Waals surface area contributed by atoms with Crippen molar-refractivity contribution in [3.05, 3.63) is 54.6 Å². The number of aromatic nitrogens is 6. The molecule has 1 amide bonds. The average Bonchev–Trinajstić information content (AvgIpc) is 3.57. The van der Waals surface area contributed by atoms with Crippen LogP contribution < -0.4 is 15.5 Å². The van der Waals surface area contributed by atoms with Gasteiger partial charge in [-0.3, -0.25) is 0 Å². The Kier molecular flexibility index (Phi) is 7.17. The van der Waals surface area contributed by atoms with Crippen LogP contribution in [0, 0.1) is 0 Å². The second kappa shape index (κ2) is 10.7. The van der Waals surface area contributed by atoms with Gasteiger partial charge >= 0.3 is 6.09 Å². The summed E-state index contributed by atoms with van der Waals surface area (Å²) in [6.07, 6.45) is 6.71. The van der Waals surface area contributed by atoms with Gasteiger partial charge in [0.2, 0.25) is 5.95 Å². The Labute approximate surface area is 222 Å². The van der Waals surface area contributed by atoms with Gasteiger partial charge in [0, 0.05) is 44.6 Å². The number of para-hydroxylation sites is 1. The van der Waals surface area contributed by atoms with Crippen molar-refractivity contribution in [3.63, 3.8) is 0 Å². The lowest BCUT2D eigenvalue weighted by Crippen LogP contribution is -2.46. The van der Waals surface area contributed by atoms with Gasteiger partial charge in [-0.15, -0.1) is 0 Å². The van der Waals surface area contributed by atoms with Gasteiger partial charge in [0.05, 0.1) is 12.0 Å². The number of nitrogens with one attached hydrogen (secondary N) is 2. The van der Waals surface area contributed by atoms with E-state index in [0.29, 0.717) is 18.3 Å². The maximum atomic E-state index is 12.2. The number of piperidine rings is 1. The predicted molar refractivity (Wildman–Crippen MR) is 146 cm³/mol. The van der Waals surface area contributed by atoms with Crippen molar-refractivity contribution < 1.29 is 9.53 Å². The first-order valence-electron chi connectivity index (χ1n) is 13.1. The van der Waals surface area contributed by atoms with Gasteiger partial charge in [-0.25, -0.2) is 14.5 Å². The molecule has 200 valence electrons. The quantitative estimate of drug-likeness (QED) is 0.376. The molecule has 4 aromatic rings. The number of ether oxygens (including phenoxy) is 1. The number of carbonyl (C=O) groups is 1. The number of benzene rings is 1. The van der Waals surface area contributed by atoms with E-state index in [9.17, 15) is 4.79 Å². The highest BCUT2D eigenvalue weighted by molar-refractivity contribution is 5.84. The molecule has 0 atom stereocenters. The molecule has 0 radical (unpaired) electrons. The molecule has 0 spiro atoms. The topological polar surface area (TPSA) is 115 Å². The molecule has 0 aliphatic carbocycles. The summed E-state index contributed by atoms with van der Waals surface area (Å²) in [4.78, 5) is 28.8. The molecule has 11 heteroatoms. The fourth-order valence-corrected chi connectivity index (χ4v) is 4.60. The lowest BCUT2D eigenvalue weighted by atomic mass is 10.1. The molecule has 5 rings (SSSR count). The SMILES string of the molecule is CCn1cnc2c(NCc3ccccc3-n3cccn3)nc(N3CCC(NC(=O)OC(C)(C)C)CC3)nc21. The zero-order valence-corrected chi connectivity index (χ0v) is 22.4. The number of fused-ring (bicyclic) bond motifs is 1. The number of nitrogens with zero attached hydrogens (tertiary/aromatic N) is 7. The lowest BCUT2D eigenvalue weighted by Gasteiger charge is -2.33. The van der Waals surface area contributed by atoms with Crippen molar-refractivity contribution in [2.75, 3.05) is 23.3 Å². The highest BCUT2D eigenvalue weighted by Gasteiger charge is 2.26. The lowest BCUT2D eigenvalue weighted by molar-refractivity contribution is 0.0497. The van der Waals surface area contributed by atoms with Gasteiger partial charge in [0.15, 0.2) is 17.0 Å². The Hall–Kier alpha value is -4.15. The molecule has 0 bridgehead atoms. The van der Waals surface area contributed by atoms with Crippen molar-refractivity contribution in [1.29, 1.82) is 0 Å². The number of amides is 1. The number of hydrogen-bond acceptors (Lipinski definition) is 8. The molecule has 38 heavy (non-hydrogen) atoms. The van der Waals surface area contributed by atoms with Gasteiger partial charge < -0.3 is 24.8 Å². The van der Waals surface area contributed by atoms with Crippen LogP contribution in [0.2, 0.25) is 0 Å². The Morgan fingerprint density at radius 1 is 1.13 bits per heavy atom. The molecular formula is C27H35N9O2. The number of rotatable bonds is 7. The summed E-state index contributed by atoms with van der Waals surface area (Å²) in [5.74, 6) is 1.35. The van der Waals surface area contributed by atoms with Gasteiger partial charge in [-0.2, -0.15) is 15.1 Å². The largest absolute Gasteiger partial charge is 0.444 e. The van der Waals surface area contributed by atoms with E-state index in [-0.39, 0.29) is 12.1 Å². The van der Waals surface area contributed by atoms with E-state index in [1.165, 1.54) is 0 Å². The molecule has 11 nitrogen and oxygen atoms in total. The summed E-state index contributed by atoms with van der Waals surface area (Å²) in [5.41, 5.74) is 3.13. The van der Waals surface area contributed by atoms with E-state index < -0.39 is 5.60 Å². The van der Waals surface area contributed by atoms with E-state index in [1.54, 1.807) is 6.20 Å². The van der Waals surface area contributed by atoms with Gasteiger partial charge in [-0.05, 0) is 58.2 Å². The highest BCUT2D eigenvalue weighted by Crippen LogP contribution is 2.26. The van der Waals surface area contributed by atoms with Crippen molar-refractivity contribution in [2.24, 2.45) is 0 Å². The summed E-state index contributed by atoms with van der Waals surface area (Å²) < 4.78 is 9.30. The smallest absolute Gasteiger partial charge is 0.407 e. The van der Waals surface area contributed by atoms with Crippen LogP contribution in [-0.2, 0) is 17.8 Å². The third kappa shape index (κ3) is 5.71. The molecule has 1 aromatic carbocycles. The van der Waals surface area contributed by atoms with Crippen LogP contribution in [0.4, 0.5) is 16.6 Å². The molecule has 4 heterocycles. The zero-order valence-electron chi connectivity index (χ0n) is 22.4. The van der Waals surface area contributed by atoms with Crippen molar-refractivity contribution in [1.82, 2.24) is 34.6 Å². The Morgan fingerprint density at radius 2 is 1.92 bits per heavy atom. The minimum absolute atomic E-state index is 0.0578. The fraction of sp³-hybridized carbons (Fsp3) is 0.444. The van der Waals surface area contributed by atoms with E-state index in [1.807, 2.05) is 66.8 Å². The van der Waals surface area contributed by atoms with Crippen LogP contribution in [0.25, 0.3) is 16.9 Å². The number of carbonyl (C=O) groups excluding carboxylic acids is 1. The summed E-state index contributed by atoms with van der Waals surface area (Å²) >= 11 is 0. The van der Waals surface area contributed by atoms with E-state index in [4.69, 9.17) is 14.7 Å². The molecule has 1 fully saturated rings. The maximum Gasteiger partial charge on any atom is 0.407 e. The first-order valence-corrected chi connectivity index (χ1v) is 13.1. The summed E-state index contributed by atoms with van der Waals surface area (Å²) in [6.45, 7) is 10.5. The third-order valence-electron chi connectivity index (χ3n) is 6.48. The standard InChI is InChI=1S/C27H35N9O2/c1-5-34-18-29-22-23(28-17-19-9-6-7-10-21(19)36-14-8-13-30-36)32-25(33-24(22)34)35-15-11-20(12-16-35)31-26(37)38-27(2,3)4/h6-10,13-14,18,20H,5,11-12,15-17H2,1-4H3,(H,31,37)(H,28,32,33). The van der Waals surface area contributed by atoms with Gasteiger partial charge in [0.25, 0.3) is 0 Å². The second-order valence-corrected chi connectivity index (χ2v) is 10.4. The first kappa shape index (κ1) is 25.5. The minimum atomic E-state index is -0.515. The van der Waals surface area contributed by atoms with Crippen LogP contribution >= 0.6 is 0 Å². The molecule has 1 aliphatic rings. The van der Waals surface area contributed by atoms with Crippen molar-refractivity contribution in [3.8, 4) is 5.69 Å². The van der Waals surface area contributed by atoms with Crippen LogP contribution in [-0.4, -0.2) is 60.1 Å².